The number of hydrogen-bond acceptors (Lipinski definition) is 3. The van der Waals surface area contributed by atoms with Crippen molar-refractivity contribution in [1.82, 2.24) is 10.4 Å². The molecule has 52 valence electrons. The van der Waals surface area contributed by atoms with Gasteiger partial charge in [-0.2, -0.15) is 0 Å². The second kappa shape index (κ2) is 1.87. The van der Waals surface area contributed by atoms with E-state index in [0.717, 1.165) is 0 Å². The summed E-state index contributed by atoms with van der Waals surface area (Å²) in [5.74, 6) is 0. The van der Waals surface area contributed by atoms with Crippen LogP contribution in [-0.2, 0) is 0 Å². The van der Waals surface area contributed by atoms with Gasteiger partial charge >= 0.3 is 6.30 Å². The Labute approximate surface area is 49.1 Å². The van der Waals surface area contributed by atoms with E-state index in [1.54, 1.807) is 0 Å². The molecule has 6 heteroatoms. The molecule has 1 heterocycles. The molecule has 0 bridgehead atoms. The fourth-order valence-electron chi connectivity index (χ4n) is 0.435. The smallest absolute Gasteiger partial charge is 0.257 e. The number of aliphatic imine (C=N–C) groups is 1. The highest BCUT2D eigenvalue weighted by Crippen LogP contribution is 2.17. The number of alkyl halides is 3. The summed E-state index contributed by atoms with van der Waals surface area (Å²) in [5.41, 5.74) is 1.98. The molecule has 1 aliphatic rings. The standard InChI is InChI=1S/C3H4F3N3/c4-3(5,6)9-2-7-1-8-9/h2,8H,1H2. The Morgan fingerprint density at radius 2 is 2.22 bits per heavy atom. The van der Waals surface area contributed by atoms with E-state index in [0.29, 0.717) is 6.34 Å². The van der Waals surface area contributed by atoms with Gasteiger partial charge in [0.25, 0.3) is 0 Å². The molecule has 0 spiro atoms. The topological polar surface area (TPSA) is 27.6 Å². The van der Waals surface area contributed by atoms with Crippen molar-refractivity contribution in [2.45, 2.75) is 6.30 Å². The largest absolute Gasteiger partial charge is 0.499 e. The Bertz CT molecular complexity index is 129. The summed E-state index contributed by atoms with van der Waals surface area (Å²) in [4.78, 5) is 3.30. The fourth-order valence-corrected chi connectivity index (χ4v) is 0.435. The van der Waals surface area contributed by atoms with Gasteiger partial charge in [-0.1, -0.05) is 0 Å². The second-order valence-electron chi connectivity index (χ2n) is 1.45. The van der Waals surface area contributed by atoms with Crippen LogP contribution in [0.3, 0.4) is 0 Å². The maximum absolute atomic E-state index is 11.5. The van der Waals surface area contributed by atoms with Crippen LogP contribution >= 0.6 is 0 Å². The van der Waals surface area contributed by atoms with Crippen molar-refractivity contribution < 1.29 is 13.2 Å². The third kappa shape index (κ3) is 1.32. The Hall–Kier alpha value is -0.780. The molecule has 0 saturated heterocycles. The summed E-state index contributed by atoms with van der Waals surface area (Å²) in [7, 11) is 0. The summed E-state index contributed by atoms with van der Waals surface area (Å²) in [6.45, 7) is -0.000486. The number of rotatable bonds is 0. The average Bonchev–Trinajstić information content (AvgIpc) is 2.08. The second-order valence-corrected chi connectivity index (χ2v) is 1.45. The first-order valence-corrected chi connectivity index (χ1v) is 2.20. The molecule has 0 atom stereocenters. The van der Waals surface area contributed by atoms with Gasteiger partial charge in [-0.3, -0.25) is 4.99 Å². The predicted molar refractivity (Wildman–Crippen MR) is 24.4 cm³/mol. The first kappa shape index (κ1) is 6.34. The quantitative estimate of drug-likeness (QED) is 0.489. The third-order valence-electron chi connectivity index (χ3n) is 0.803. The van der Waals surface area contributed by atoms with E-state index in [2.05, 4.69) is 4.99 Å². The Kier molecular flexibility index (Phi) is 1.32. The van der Waals surface area contributed by atoms with E-state index in [4.69, 9.17) is 0 Å². The Morgan fingerprint density at radius 1 is 1.56 bits per heavy atom. The minimum atomic E-state index is -4.35. The first-order valence-electron chi connectivity index (χ1n) is 2.20. The van der Waals surface area contributed by atoms with E-state index in [1.165, 1.54) is 0 Å². The highest BCUT2D eigenvalue weighted by molar-refractivity contribution is 5.56. The van der Waals surface area contributed by atoms with Gasteiger partial charge in [-0.15, -0.1) is 13.2 Å². The normalized spacial score (nSPS) is 19.2. The molecule has 1 N–H and O–H groups in total. The predicted octanol–water partition coefficient (Wildman–Crippen LogP) is 0.312. The SMILES string of the molecule is FC(F)(F)N1C=NCN1. The maximum Gasteiger partial charge on any atom is 0.499 e. The number of nitrogens with zero attached hydrogens (tertiary/aromatic N) is 2. The van der Waals surface area contributed by atoms with Crippen LogP contribution in [0, 0.1) is 0 Å². The first-order chi connectivity index (χ1) is 4.11. The van der Waals surface area contributed by atoms with Gasteiger partial charge in [0.1, 0.15) is 13.0 Å². The van der Waals surface area contributed by atoms with Crippen molar-refractivity contribution in [3.8, 4) is 0 Å². The van der Waals surface area contributed by atoms with Crippen molar-refractivity contribution in [3.05, 3.63) is 0 Å². The lowest BCUT2D eigenvalue weighted by Crippen LogP contribution is -2.43. The molecule has 0 fully saturated rings. The van der Waals surface area contributed by atoms with Crippen LogP contribution in [-0.4, -0.2) is 24.3 Å². The zero-order valence-corrected chi connectivity index (χ0v) is 4.31. The zero-order valence-electron chi connectivity index (χ0n) is 4.31. The summed E-state index contributed by atoms with van der Waals surface area (Å²) >= 11 is 0. The number of hydrazine groups is 1. The molecule has 0 unspecified atom stereocenters. The fraction of sp³-hybridized carbons (Fsp3) is 0.667. The van der Waals surface area contributed by atoms with Gasteiger partial charge in [-0.05, 0) is 0 Å². The van der Waals surface area contributed by atoms with Crippen LogP contribution in [0.2, 0.25) is 0 Å². The van der Waals surface area contributed by atoms with Crippen molar-refractivity contribution in [3.63, 3.8) is 0 Å². The van der Waals surface area contributed by atoms with Gasteiger partial charge < -0.3 is 0 Å². The lowest BCUT2D eigenvalue weighted by atomic mass is 11.0. The summed E-state index contributed by atoms with van der Waals surface area (Å²) in [6, 6.07) is 0. The van der Waals surface area contributed by atoms with E-state index >= 15 is 0 Å². The molecule has 0 amide bonds. The van der Waals surface area contributed by atoms with Crippen molar-refractivity contribution >= 4 is 6.34 Å². The minimum Gasteiger partial charge on any atom is -0.257 e. The van der Waals surface area contributed by atoms with Gasteiger partial charge in [0.15, 0.2) is 0 Å². The number of nitrogens with one attached hydrogen (secondary N) is 1. The van der Waals surface area contributed by atoms with Crippen LogP contribution in [0.15, 0.2) is 4.99 Å². The highest BCUT2D eigenvalue weighted by Gasteiger charge is 2.36. The summed E-state index contributed by atoms with van der Waals surface area (Å²) in [6.07, 6.45) is -3.64. The molecule has 0 radical (unpaired) electrons. The molecular formula is C3H4F3N3. The minimum absolute atomic E-state index is 0.000486. The summed E-state index contributed by atoms with van der Waals surface area (Å²) in [5, 5.41) is 0.00694. The summed E-state index contributed by atoms with van der Waals surface area (Å²) < 4.78 is 34.6. The van der Waals surface area contributed by atoms with Crippen LogP contribution in [0.1, 0.15) is 0 Å². The lowest BCUT2D eigenvalue weighted by Gasteiger charge is -2.16. The molecule has 0 aromatic heterocycles. The van der Waals surface area contributed by atoms with E-state index in [9.17, 15) is 13.2 Å². The maximum atomic E-state index is 11.5. The van der Waals surface area contributed by atoms with Gasteiger partial charge in [0, 0.05) is 0 Å². The molecule has 1 rings (SSSR count). The molecule has 9 heavy (non-hydrogen) atoms. The molecule has 0 aliphatic carbocycles. The van der Waals surface area contributed by atoms with E-state index in [-0.39, 0.29) is 11.7 Å². The molecule has 0 saturated carbocycles. The number of hydrogen-bond donors (Lipinski definition) is 1. The zero-order chi connectivity index (χ0) is 6.91. The molecule has 0 aromatic carbocycles. The molecular weight excluding hydrogens is 135 g/mol. The van der Waals surface area contributed by atoms with E-state index < -0.39 is 6.30 Å². The van der Waals surface area contributed by atoms with Crippen molar-refractivity contribution in [1.29, 1.82) is 0 Å². The van der Waals surface area contributed by atoms with Gasteiger partial charge in [-0.25, -0.2) is 10.4 Å². The van der Waals surface area contributed by atoms with Crippen LogP contribution in [0.5, 0.6) is 0 Å². The van der Waals surface area contributed by atoms with Crippen LogP contribution in [0.25, 0.3) is 0 Å². The van der Waals surface area contributed by atoms with Crippen LogP contribution in [0.4, 0.5) is 13.2 Å². The highest BCUT2D eigenvalue weighted by atomic mass is 19.4. The van der Waals surface area contributed by atoms with E-state index in [1.807, 2.05) is 5.43 Å². The van der Waals surface area contributed by atoms with Crippen molar-refractivity contribution in [2.75, 3.05) is 6.67 Å². The Morgan fingerprint density at radius 3 is 2.44 bits per heavy atom. The van der Waals surface area contributed by atoms with Gasteiger partial charge in [0.05, 0.1) is 0 Å². The van der Waals surface area contributed by atoms with Crippen LogP contribution < -0.4 is 5.43 Å². The van der Waals surface area contributed by atoms with Crippen molar-refractivity contribution in [2.24, 2.45) is 4.99 Å². The molecule has 1 aliphatic heterocycles. The molecule has 3 nitrogen and oxygen atoms in total. The molecule has 0 aromatic rings. The monoisotopic (exact) mass is 139 g/mol. The average molecular weight is 139 g/mol. The van der Waals surface area contributed by atoms with Gasteiger partial charge in [0.2, 0.25) is 0 Å². The lowest BCUT2D eigenvalue weighted by molar-refractivity contribution is -0.228. The third-order valence-corrected chi connectivity index (χ3v) is 0.803. The Balaban J connectivity index is 2.53. The number of halogens is 3.